The SMILES string of the molecule is COc1ccc(C(NC(=O)CN2C(=O)CCC2=O)C(=O)Nc2ccc([SiH](C)C)cc2)cc1. The van der Waals surface area contributed by atoms with Crippen LogP contribution in [-0.2, 0) is 19.2 Å². The number of imide groups is 1. The predicted molar refractivity (Wildman–Crippen MR) is 123 cm³/mol. The molecule has 1 fully saturated rings. The second-order valence-corrected chi connectivity index (χ2v) is 10.9. The molecule has 0 bridgehead atoms. The lowest BCUT2D eigenvalue weighted by Gasteiger charge is -2.21. The van der Waals surface area contributed by atoms with Gasteiger partial charge in [0.1, 0.15) is 18.3 Å². The number of carbonyl (C=O) groups excluding carboxylic acids is 4. The highest BCUT2D eigenvalue weighted by molar-refractivity contribution is 6.70. The van der Waals surface area contributed by atoms with E-state index < -0.39 is 33.2 Å². The minimum absolute atomic E-state index is 0.101. The van der Waals surface area contributed by atoms with Crippen LogP contribution >= 0.6 is 0 Å². The van der Waals surface area contributed by atoms with E-state index in [9.17, 15) is 19.2 Å². The van der Waals surface area contributed by atoms with E-state index in [-0.39, 0.29) is 24.7 Å². The molecule has 2 aromatic carbocycles. The van der Waals surface area contributed by atoms with Crippen molar-refractivity contribution in [2.45, 2.75) is 32.0 Å². The van der Waals surface area contributed by atoms with Crippen molar-refractivity contribution in [3.8, 4) is 5.75 Å². The molecule has 1 heterocycles. The molecule has 1 atom stereocenters. The topological polar surface area (TPSA) is 105 Å². The maximum Gasteiger partial charge on any atom is 0.251 e. The van der Waals surface area contributed by atoms with Gasteiger partial charge in [0, 0.05) is 18.5 Å². The second kappa shape index (κ2) is 10.2. The number of nitrogens with zero attached hydrogens (tertiary/aromatic N) is 1. The Kier molecular flexibility index (Phi) is 7.42. The first-order valence-electron chi connectivity index (χ1n) is 10.5. The summed E-state index contributed by atoms with van der Waals surface area (Å²) in [5.74, 6) is -1.18. The number of likely N-dealkylation sites (tertiary alicyclic amines) is 1. The molecule has 1 aliphatic heterocycles. The van der Waals surface area contributed by atoms with Crippen LogP contribution in [0.1, 0.15) is 24.4 Å². The molecule has 0 spiro atoms. The van der Waals surface area contributed by atoms with Gasteiger partial charge in [0.15, 0.2) is 0 Å². The Labute approximate surface area is 188 Å². The number of benzene rings is 2. The van der Waals surface area contributed by atoms with Gasteiger partial charge in [-0.1, -0.05) is 42.5 Å². The Bertz CT molecular complexity index is 989. The molecule has 3 rings (SSSR count). The molecule has 1 unspecified atom stereocenters. The van der Waals surface area contributed by atoms with E-state index in [1.807, 2.05) is 24.3 Å². The third kappa shape index (κ3) is 5.61. The van der Waals surface area contributed by atoms with Crippen LogP contribution in [-0.4, -0.2) is 51.0 Å². The van der Waals surface area contributed by atoms with Crippen LogP contribution in [0.4, 0.5) is 5.69 Å². The number of amides is 4. The van der Waals surface area contributed by atoms with Gasteiger partial charge in [-0.05, 0) is 29.8 Å². The molecule has 1 aliphatic rings. The van der Waals surface area contributed by atoms with Gasteiger partial charge in [0.25, 0.3) is 5.91 Å². The summed E-state index contributed by atoms with van der Waals surface area (Å²) in [5.41, 5.74) is 1.16. The number of rotatable bonds is 8. The summed E-state index contributed by atoms with van der Waals surface area (Å²) in [6.07, 6.45) is 0.202. The summed E-state index contributed by atoms with van der Waals surface area (Å²) in [6.45, 7) is 4.03. The van der Waals surface area contributed by atoms with Gasteiger partial charge in [-0.15, -0.1) is 0 Å². The van der Waals surface area contributed by atoms with Gasteiger partial charge in [0.2, 0.25) is 17.7 Å². The van der Waals surface area contributed by atoms with Crippen molar-refractivity contribution in [3.63, 3.8) is 0 Å². The van der Waals surface area contributed by atoms with E-state index in [4.69, 9.17) is 4.74 Å². The Morgan fingerprint density at radius 2 is 1.59 bits per heavy atom. The highest BCUT2D eigenvalue weighted by Crippen LogP contribution is 2.20. The molecule has 32 heavy (non-hydrogen) atoms. The van der Waals surface area contributed by atoms with Crippen LogP contribution in [0.15, 0.2) is 48.5 Å². The fourth-order valence-electron chi connectivity index (χ4n) is 3.41. The minimum atomic E-state index is -1.01. The van der Waals surface area contributed by atoms with Gasteiger partial charge in [0.05, 0.1) is 15.9 Å². The van der Waals surface area contributed by atoms with Gasteiger partial charge >= 0.3 is 0 Å². The van der Waals surface area contributed by atoms with Crippen LogP contribution in [0.25, 0.3) is 0 Å². The lowest BCUT2D eigenvalue weighted by molar-refractivity contribution is -0.142. The largest absolute Gasteiger partial charge is 0.497 e. The van der Waals surface area contributed by atoms with E-state index in [2.05, 4.69) is 23.7 Å². The molecule has 0 aromatic heterocycles. The highest BCUT2D eigenvalue weighted by atomic mass is 28.3. The molecular formula is C23H27N3O5Si. The Hall–Kier alpha value is -3.46. The molecule has 8 nitrogen and oxygen atoms in total. The summed E-state index contributed by atoms with van der Waals surface area (Å²) < 4.78 is 5.16. The lowest BCUT2D eigenvalue weighted by Crippen LogP contribution is -2.44. The Morgan fingerprint density at radius 3 is 2.12 bits per heavy atom. The zero-order chi connectivity index (χ0) is 23.3. The number of anilines is 1. The number of ether oxygens (including phenoxy) is 1. The smallest absolute Gasteiger partial charge is 0.251 e. The van der Waals surface area contributed by atoms with Crippen LogP contribution in [0.3, 0.4) is 0 Å². The molecular weight excluding hydrogens is 426 g/mol. The summed E-state index contributed by atoms with van der Waals surface area (Å²) >= 11 is 0. The molecule has 2 N–H and O–H groups in total. The molecule has 168 valence electrons. The van der Waals surface area contributed by atoms with Crippen molar-refractivity contribution >= 4 is 43.3 Å². The van der Waals surface area contributed by atoms with Crippen molar-refractivity contribution in [1.82, 2.24) is 10.2 Å². The third-order valence-electron chi connectivity index (χ3n) is 5.32. The normalized spacial score (nSPS) is 14.4. The number of methoxy groups -OCH3 is 1. The molecule has 1 saturated heterocycles. The first-order chi connectivity index (χ1) is 15.3. The zero-order valence-corrected chi connectivity index (χ0v) is 19.5. The van der Waals surface area contributed by atoms with E-state index in [1.165, 1.54) is 12.3 Å². The molecule has 0 aliphatic carbocycles. The summed E-state index contributed by atoms with van der Waals surface area (Å²) in [7, 11) is 0.588. The Morgan fingerprint density at radius 1 is 1.00 bits per heavy atom. The van der Waals surface area contributed by atoms with Crippen LogP contribution in [0.2, 0.25) is 13.1 Å². The van der Waals surface area contributed by atoms with Crippen LogP contribution < -0.4 is 20.6 Å². The van der Waals surface area contributed by atoms with Crippen LogP contribution in [0.5, 0.6) is 5.75 Å². The Balaban J connectivity index is 1.77. The van der Waals surface area contributed by atoms with Crippen molar-refractivity contribution < 1.29 is 23.9 Å². The quantitative estimate of drug-likeness (QED) is 0.464. The van der Waals surface area contributed by atoms with Gasteiger partial charge in [-0.2, -0.15) is 0 Å². The maximum absolute atomic E-state index is 13.1. The lowest BCUT2D eigenvalue weighted by atomic mass is 10.1. The monoisotopic (exact) mass is 453 g/mol. The number of nitrogens with one attached hydrogen (secondary N) is 2. The van der Waals surface area contributed by atoms with E-state index >= 15 is 0 Å². The van der Waals surface area contributed by atoms with Crippen molar-refractivity contribution in [3.05, 3.63) is 54.1 Å². The summed E-state index contributed by atoms with van der Waals surface area (Å²) in [6, 6.07) is 13.4. The number of hydrogen-bond donors (Lipinski definition) is 2. The first-order valence-corrected chi connectivity index (χ1v) is 13.3. The van der Waals surface area contributed by atoms with E-state index in [1.54, 1.807) is 24.3 Å². The van der Waals surface area contributed by atoms with Crippen molar-refractivity contribution in [2.75, 3.05) is 19.0 Å². The molecule has 2 aromatic rings. The first kappa shape index (κ1) is 23.2. The summed E-state index contributed by atoms with van der Waals surface area (Å²) in [5, 5.41) is 6.77. The van der Waals surface area contributed by atoms with E-state index in [0.29, 0.717) is 17.0 Å². The maximum atomic E-state index is 13.1. The number of carbonyl (C=O) groups is 4. The van der Waals surface area contributed by atoms with Crippen molar-refractivity contribution in [2.24, 2.45) is 0 Å². The molecule has 9 heteroatoms. The fourth-order valence-corrected chi connectivity index (χ4v) is 4.37. The average molecular weight is 454 g/mol. The average Bonchev–Trinajstić information content (AvgIpc) is 3.10. The van der Waals surface area contributed by atoms with Gasteiger partial charge < -0.3 is 15.4 Å². The molecule has 4 amide bonds. The molecule has 0 radical (unpaired) electrons. The molecule has 0 saturated carbocycles. The third-order valence-corrected chi connectivity index (χ3v) is 7.04. The van der Waals surface area contributed by atoms with Crippen LogP contribution in [0, 0.1) is 0 Å². The summed E-state index contributed by atoms with van der Waals surface area (Å²) in [4.78, 5) is 50.3. The standard InChI is InChI=1S/C23H27N3O5Si/c1-31-17-8-4-15(5-9-17)22(25-19(27)14-26-20(28)12-13-21(26)29)23(30)24-16-6-10-18(11-7-16)32(2)3/h4-11,22,32H,12-14H2,1-3H3,(H,24,30)(H,25,27). The number of hydrogen-bond acceptors (Lipinski definition) is 5. The van der Waals surface area contributed by atoms with Gasteiger partial charge in [-0.25, -0.2) is 0 Å². The van der Waals surface area contributed by atoms with Crippen molar-refractivity contribution in [1.29, 1.82) is 0 Å². The predicted octanol–water partition coefficient (Wildman–Crippen LogP) is 1.33. The minimum Gasteiger partial charge on any atom is -0.497 e. The fraction of sp³-hybridized carbons (Fsp3) is 0.304. The zero-order valence-electron chi connectivity index (χ0n) is 18.4. The van der Waals surface area contributed by atoms with E-state index in [0.717, 1.165) is 4.90 Å². The second-order valence-electron chi connectivity index (χ2n) is 7.91. The highest BCUT2D eigenvalue weighted by Gasteiger charge is 2.32. The van der Waals surface area contributed by atoms with Gasteiger partial charge in [-0.3, -0.25) is 24.1 Å².